The van der Waals surface area contributed by atoms with Crippen molar-refractivity contribution >= 4 is 10.1 Å². The predicted octanol–water partition coefficient (Wildman–Crippen LogP) is 9.29. The van der Waals surface area contributed by atoms with Gasteiger partial charge in [-0.15, -0.1) is 0 Å². The fraction of sp³-hybridized carbons (Fsp3) is 0.214. The maximum atomic E-state index is 12.7. The molecule has 0 saturated carbocycles. The van der Waals surface area contributed by atoms with Gasteiger partial charge in [-0.3, -0.25) is 4.18 Å². The van der Waals surface area contributed by atoms with Gasteiger partial charge in [-0.2, -0.15) is 8.42 Å². The molecule has 250 valence electrons. The van der Waals surface area contributed by atoms with Crippen LogP contribution in [0.4, 0.5) is 0 Å². The third-order valence-electron chi connectivity index (χ3n) is 9.07. The number of hydrogen-bond donors (Lipinski definition) is 0. The van der Waals surface area contributed by atoms with Gasteiger partial charge in [-0.05, 0) is 66.1 Å². The molecule has 0 amide bonds. The van der Waals surface area contributed by atoms with Crippen molar-refractivity contribution in [3.8, 4) is 17.0 Å². The van der Waals surface area contributed by atoms with E-state index < -0.39 is 15.7 Å². The fourth-order valence-electron chi connectivity index (χ4n) is 6.20. The maximum absolute atomic E-state index is 12.7. The van der Waals surface area contributed by atoms with Crippen LogP contribution in [0.2, 0.25) is 0 Å². The monoisotopic (exact) mass is 670 g/mol. The SMILES string of the molecule is Cc1ccc(S(=O)(=O)OCCC(C)(C)CCOc2ccccc2-c2cn(C(c3ccccc3)(c3ccccc3)c3ccccc3)cn2)cc1. The number of ether oxygens (including phenoxy) is 1. The summed E-state index contributed by atoms with van der Waals surface area (Å²) in [6.45, 7) is 6.67. The van der Waals surface area contributed by atoms with E-state index in [1.54, 1.807) is 24.3 Å². The van der Waals surface area contributed by atoms with Crippen LogP contribution in [0.25, 0.3) is 11.3 Å². The van der Waals surface area contributed by atoms with Crippen LogP contribution in [0.1, 0.15) is 48.9 Å². The summed E-state index contributed by atoms with van der Waals surface area (Å²) in [6, 6.07) is 46.3. The van der Waals surface area contributed by atoms with Gasteiger partial charge in [0.15, 0.2) is 0 Å². The molecule has 0 aliphatic carbocycles. The molecule has 0 bridgehead atoms. The summed E-state index contributed by atoms with van der Waals surface area (Å²) in [7, 11) is -3.80. The molecule has 0 atom stereocenters. The summed E-state index contributed by atoms with van der Waals surface area (Å²) in [5.74, 6) is 0.742. The van der Waals surface area contributed by atoms with Crippen LogP contribution in [0, 0.1) is 12.3 Å². The lowest BCUT2D eigenvalue weighted by molar-refractivity contribution is 0.184. The average molecular weight is 671 g/mol. The second kappa shape index (κ2) is 14.6. The zero-order valence-corrected chi connectivity index (χ0v) is 29.0. The molecule has 0 saturated heterocycles. The molecule has 0 radical (unpaired) electrons. The first-order valence-corrected chi connectivity index (χ1v) is 18.0. The normalized spacial score (nSPS) is 12.1. The van der Waals surface area contributed by atoms with Crippen LogP contribution in [0.15, 0.2) is 157 Å². The molecule has 5 aromatic carbocycles. The highest BCUT2D eigenvalue weighted by molar-refractivity contribution is 7.86. The highest BCUT2D eigenvalue weighted by atomic mass is 32.2. The Kier molecular flexibility index (Phi) is 10.1. The molecule has 0 N–H and O–H groups in total. The fourth-order valence-corrected chi connectivity index (χ4v) is 7.11. The van der Waals surface area contributed by atoms with E-state index in [1.165, 1.54) is 0 Å². The van der Waals surface area contributed by atoms with Crippen molar-refractivity contribution in [2.45, 2.75) is 44.0 Å². The number of aryl methyl sites for hydroxylation is 1. The van der Waals surface area contributed by atoms with Gasteiger partial charge in [-0.25, -0.2) is 4.98 Å². The van der Waals surface area contributed by atoms with Crippen LogP contribution in [-0.4, -0.2) is 31.2 Å². The van der Waals surface area contributed by atoms with Crippen LogP contribution in [0.3, 0.4) is 0 Å². The van der Waals surface area contributed by atoms with E-state index in [2.05, 4.69) is 97.4 Å². The molecule has 0 unspecified atom stereocenters. The van der Waals surface area contributed by atoms with Gasteiger partial charge in [0, 0.05) is 11.8 Å². The minimum atomic E-state index is -3.80. The van der Waals surface area contributed by atoms with Crippen molar-refractivity contribution in [1.29, 1.82) is 0 Å². The highest BCUT2D eigenvalue weighted by Crippen LogP contribution is 2.42. The summed E-state index contributed by atoms with van der Waals surface area (Å²) in [5.41, 5.74) is 5.20. The highest BCUT2D eigenvalue weighted by Gasteiger charge is 2.38. The van der Waals surface area contributed by atoms with Gasteiger partial charge < -0.3 is 9.30 Å². The lowest BCUT2D eigenvalue weighted by Gasteiger charge is -2.37. The Bertz CT molecular complexity index is 1960. The van der Waals surface area contributed by atoms with Gasteiger partial charge in [0.1, 0.15) is 11.3 Å². The third-order valence-corrected chi connectivity index (χ3v) is 10.4. The number of para-hydroxylation sites is 1. The van der Waals surface area contributed by atoms with E-state index in [1.807, 2.05) is 55.7 Å². The van der Waals surface area contributed by atoms with Crippen LogP contribution < -0.4 is 4.74 Å². The Morgan fingerprint density at radius 3 is 1.73 bits per heavy atom. The molecule has 7 heteroatoms. The summed E-state index contributed by atoms with van der Waals surface area (Å²) in [5, 5.41) is 0. The number of hydrogen-bond acceptors (Lipinski definition) is 5. The summed E-state index contributed by atoms with van der Waals surface area (Å²) in [4.78, 5) is 5.12. The number of benzene rings is 5. The molecule has 0 aliphatic rings. The molecule has 6 aromatic rings. The third kappa shape index (κ3) is 7.53. The van der Waals surface area contributed by atoms with Gasteiger partial charge in [-0.1, -0.05) is 135 Å². The van der Waals surface area contributed by atoms with Crippen molar-refractivity contribution in [1.82, 2.24) is 9.55 Å². The molecule has 1 heterocycles. The standard InChI is InChI=1S/C42H42N2O4S/c1-33-23-25-37(26-24-33)49(45,46)48-30-28-41(2,3)27-29-47-40-22-14-13-21-38(40)39-31-44(32-43-39)42(34-15-7-4-8-16-34,35-17-9-5-10-18-35)36-19-11-6-12-20-36/h4-26,31-32H,27-30H2,1-3H3. The topological polar surface area (TPSA) is 70.4 Å². The van der Waals surface area contributed by atoms with E-state index in [-0.39, 0.29) is 16.9 Å². The second-order valence-electron chi connectivity index (χ2n) is 13.1. The minimum Gasteiger partial charge on any atom is -0.493 e. The van der Waals surface area contributed by atoms with Gasteiger partial charge >= 0.3 is 0 Å². The lowest BCUT2D eigenvalue weighted by Crippen LogP contribution is -2.36. The molecule has 6 rings (SSSR count). The first-order chi connectivity index (χ1) is 23.7. The second-order valence-corrected chi connectivity index (χ2v) is 14.7. The lowest BCUT2D eigenvalue weighted by atomic mass is 9.77. The average Bonchev–Trinajstić information content (AvgIpc) is 3.61. The van der Waals surface area contributed by atoms with Gasteiger partial charge in [0.2, 0.25) is 0 Å². The van der Waals surface area contributed by atoms with Gasteiger partial charge in [0.25, 0.3) is 10.1 Å². The number of imidazole rings is 1. The zero-order chi connectivity index (χ0) is 34.3. The van der Waals surface area contributed by atoms with Crippen molar-refractivity contribution in [3.05, 3.63) is 174 Å². The Hall–Kier alpha value is -4.98. The smallest absolute Gasteiger partial charge is 0.296 e. The summed E-state index contributed by atoms with van der Waals surface area (Å²) in [6.07, 6.45) is 5.29. The van der Waals surface area contributed by atoms with Crippen molar-refractivity contribution < 1.29 is 17.3 Å². The first kappa shape index (κ1) is 33.9. The van der Waals surface area contributed by atoms with E-state index in [0.717, 1.165) is 39.3 Å². The molecule has 0 aliphatic heterocycles. The minimum absolute atomic E-state index is 0.100. The number of rotatable bonds is 14. The largest absolute Gasteiger partial charge is 0.493 e. The number of aromatic nitrogens is 2. The molecule has 1 aromatic heterocycles. The molecule has 0 fully saturated rings. The van der Waals surface area contributed by atoms with Crippen molar-refractivity contribution in [2.24, 2.45) is 5.41 Å². The molecular formula is C42H42N2O4S. The molecular weight excluding hydrogens is 629 g/mol. The Balaban J connectivity index is 1.21. The first-order valence-electron chi connectivity index (χ1n) is 16.6. The molecule has 49 heavy (non-hydrogen) atoms. The van der Waals surface area contributed by atoms with Crippen molar-refractivity contribution in [3.63, 3.8) is 0 Å². The Labute approximate surface area is 290 Å². The molecule has 6 nitrogen and oxygen atoms in total. The predicted molar refractivity (Wildman–Crippen MR) is 195 cm³/mol. The zero-order valence-electron chi connectivity index (χ0n) is 28.2. The van der Waals surface area contributed by atoms with Crippen LogP contribution in [0.5, 0.6) is 5.75 Å². The van der Waals surface area contributed by atoms with E-state index >= 15 is 0 Å². The van der Waals surface area contributed by atoms with E-state index in [4.69, 9.17) is 13.9 Å². The quantitative estimate of drug-likeness (QED) is 0.0854. The van der Waals surface area contributed by atoms with Crippen LogP contribution in [-0.2, 0) is 19.8 Å². The van der Waals surface area contributed by atoms with Crippen molar-refractivity contribution in [2.75, 3.05) is 13.2 Å². The van der Waals surface area contributed by atoms with Crippen LogP contribution >= 0.6 is 0 Å². The van der Waals surface area contributed by atoms with E-state index in [0.29, 0.717) is 19.4 Å². The Morgan fingerprint density at radius 1 is 0.653 bits per heavy atom. The maximum Gasteiger partial charge on any atom is 0.296 e. The Morgan fingerprint density at radius 2 is 1.16 bits per heavy atom. The van der Waals surface area contributed by atoms with E-state index in [9.17, 15) is 8.42 Å². The summed E-state index contributed by atoms with van der Waals surface area (Å²) >= 11 is 0. The summed E-state index contributed by atoms with van der Waals surface area (Å²) < 4.78 is 39.3. The number of nitrogens with zero attached hydrogens (tertiary/aromatic N) is 2. The van der Waals surface area contributed by atoms with Gasteiger partial charge in [0.05, 0.1) is 30.1 Å². The molecule has 0 spiro atoms.